The van der Waals surface area contributed by atoms with E-state index in [1.54, 1.807) is 7.05 Å². The van der Waals surface area contributed by atoms with Crippen molar-refractivity contribution in [2.75, 3.05) is 7.05 Å². The summed E-state index contributed by atoms with van der Waals surface area (Å²) < 4.78 is 0. The first-order valence-corrected chi connectivity index (χ1v) is 5.62. The largest absolute Gasteiger partial charge is 0.785 e. The second-order valence-electron chi connectivity index (χ2n) is 4.39. The summed E-state index contributed by atoms with van der Waals surface area (Å²) in [5.74, 6) is 0. The van der Waals surface area contributed by atoms with Crippen molar-refractivity contribution >= 4 is 0 Å². The first kappa shape index (κ1) is 11.0. The number of unbranched alkanes of at least 4 members (excludes halogenated alkanes) is 1. The topological polar surface area (TPSA) is 26.3 Å². The minimum absolute atomic E-state index is 0.00819. The summed E-state index contributed by atoms with van der Waals surface area (Å²) in [7, 11) is 1.71. The standard InChI is InChI=1S/C11H22NO/c1-3-4-8-11(12(2)13)9-6-5-7-10-11/h3-10H2,1-2H3/q-1. The molecule has 0 saturated heterocycles. The molecule has 0 N–H and O–H groups in total. The van der Waals surface area contributed by atoms with Gasteiger partial charge in [0.05, 0.1) is 0 Å². The lowest BCUT2D eigenvalue weighted by molar-refractivity contribution is 0.107. The van der Waals surface area contributed by atoms with E-state index in [0.29, 0.717) is 0 Å². The smallest absolute Gasteiger partial charge is 0.00884 e. The molecule has 1 rings (SSSR count). The molecule has 0 aromatic rings. The maximum Gasteiger partial charge on any atom is 0.00884 e. The fourth-order valence-electron chi connectivity index (χ4n) is 2.44. The van der Waals surface area contributed by atoms with Gasteiger partial charge in [-0.25, -0.2) is 0 Å². The van der Waals surface area contributed by atoms with Crippen molar-refractivity contribution in [3.05, 3.63) is 5.21 Å². The second-order valence-corrected chi connectivity index (χ2v) is 4.39. The Balaban J connectivity index is 2.51. The van der Waals surface area contributed by atoms with Crippen molar-refractivity contribution in [2.45, 2.75) is 63.8 Å². The number of nitrogens with zero attached hydrogens (tertiary/aromatic N) is 1. The van der Waals surface area contributed by atoms with Crippen LogP contribution in [0, 0.1) is 5.21 Å². The van der Waals surface area contributed by atoms with Gasteiger partial charge in [0, 0.05) is 5.54 Å². The van der Waals surface area contributed by atoms with Crippen molar-refractivity contribution in [1.29, 1.82) is 0 Å². The molecule has 0 amide bonds. The average Bonchev–Trinajstić information content (AvgIpc) is 2.16. The molecule has 13 heavy (non-hydrogen) atoms. The summed E-state index contributed by atoms with van der Waals surface area (Å²) in [6, 6.07) is 0. The summed E-state index contributed by atoms with van der Waals surface area (Å²) in [5, 5.41) is 12.8. The zero-order valence-corrected chi connectivity index (χ0v) is 9.01. The Labute approximate surface area is 81.9 Å². The summed E-state index contributed by atoms with van der Waals surface area (Å²) in [6.07, 6.45) is 9.56. The Kier molecular flexibility index (Phi) is 4.20. The Morgan fingerprint density at radius 2 is 1.85 bits per heavy atom. The maximum absolute atomic E-state index is 11.5. The predicted molar refractivity (Wildman–Crippen MR) is 56.5 cm³/mol. The molecule has 0 aromatic carbocycles. The third-order valence-corrected chi connectivity index (χ3v) is 3.45. The molecule has 0 spiro atoms. The van der Waals surface area contributed by atoms with Crippen LogP contribution in [0.15, 0.2) is 0 Å². The fraction of sp³-hybridized carbons (Fsp3) is 1.00. The van der Waals surface area contributed by atoms with Crippen molar-refractivity contribution < 1.29 is 0 Å². The molecule has 0 aromatic heterocycles. The molecule has 1 saturated carbocycles. The molecule has 0 radical (unpaired) electrons. The first-order chi connectivity index (χ1) is 6.21. The Bertz CT molecular complexity index is 139. The van der Waals surface area contributed by atoms with E-state index in [4.69, 9.17) is 0 Å². The normalized spacial score (nSPS) is 22.2. The van der Waals surface area contributed by atoms with E-state index in [-0.39, 0.29) is 5.54 Å². The van der Waals surface area contributed by atoms with Gasteiger partial charge < -0.3 is 10.3 Å². The zero-order valence-electron chi connectivity index (χ0n) is 9.01. The monoisotopic (exact) mass is 184 g/mol. The third kappa shape index (κ3) is 2.68. The summed E-state index contributed by atoms with van der Waals surface area (Å²) in [5.41, 5.74) is 0.00819. The van der Waals surface area contributed by atoms with Gasteiger partial charge in [-0.1, -0.05) is 39.0 Å². The molecule has 0 aliphatic heterocycles. The number of hydrogen-bond donors (Lipinski definition) is 0. The molecule has 0 heterocycles. The van der Waals surface area contributed by atoms with E-state index in [9.17, 15) is 5.21 Å². The van der Waals surface area contributed by atoms with Crippen molar-refractivity contribution in [2.24, 2.45) is 0 Å². The summed E-state index contributed by atoms with van der Waals surface area (Å²) >= 11 is 0. The van der Waals surface area contributed by atoms with Gasteiger partial charge in [0.1, 0.15) is 0 Å². The molecule has 0 bridgehead atoms. The average molecular weight is 184 g/mol. The SMILES string of the molecule is CCCCC1(N(C)[O-])CCCCC1. The van der Waals surface area contributed by atoms with Gasteiger partial charge >= 0.3 is 0 Å². The van der Waals surface area contributed by atoms with Gasteiger partial charge in [-0.3, -0.25) is 0 Å². The molecule has 2 nitrogen and oxygen atoms in total. The summed E-state index contributed by atoms with van der Waals surface area (Å²) in [6.45, 7) is 2.20. The molecule has 1 aliphatic rings. The quantitative estimate of drug-likeness (QED) is 0.626. The van der Waals surface area contributed by atoms with E-state index >= 15 is 0 Å². The van der Waals surface area contributed by atoms with Gasteiger partial charge in [-0.05, 0) is 26.3 Å². The minimum Gasteiger partial charge on any atom is -0.785 e. The van der Waals surface area contributed by atoms with Gasteiger partial charge in [0.25, 0.3) is 0 Å². The molecule has 78 valence electrons. The number of hydroxylamine groups is 2. The van der Waals surface area contributed by atoms with Crippen LogP contribution in [-0.2, 0) is 0 Å². The van der Waals surface area contributed by atoms with Crippen LogP contribution >= 0.6 is 0 Å². The Morgan fingerprint density at radius 3 is 2.31 bits per heavy atom. The fourth-order valence-corrected chi connectivity index (χ4v) is 2.44. The van der Waals surface area contributed by atoms with E-state index in [1.807, 2.05) is 0 Å². The van der Waals surface area contributed by atoms with Gasteiger partial charge in [0.15, 0.2) is 0 Å². The maximum atomic E-state index is 11.5. The molecule has 2 heteroatoms. The molecule has 1 fully saturated rings. The highest BCUT2D eigenvalue weighted by molar-refractivity contribution is 4.91. The molecular weight excluding hydrogens is 162 g/mol. The van der Waals surface area contributed by atoms with Crippen LogP contribution in [0.1, 0.15) is 58.3 Å². The van der Waals surface area contributed by atoms with Gasteiger partial charge in [-0.15, -0.1) is 0 Å². The predicted octanol–water partition coefficient (Wildman–Crippen LogP) is 3.31. The van der Waals surface area contributed by atoms with Crippen LogP contribution in [0.25, 0.3) is 0 Å². The lowest BCUT2D eigenvalue weighted by Crippen LogP contribution is -2.44. The second kappa shape index (κ2) is 4.97. The third-order valence-electron chi connectivity index (χ3n) is 3.45. The Hall–Kier alpha value is -0.0800. The van der Waals surface area contributed by atoms with Crippen molar-refractivity contribution in [1.82, 2.24) is 5.06 Å². The van der Waals surface area contributed by atoms with Crippen LogP contribution < -0.4 is 0 Å². The summed E-state index contributed by atoms with van der Waals surface area (Å²) in [4.78, 5) is 0. The lowest BCUT2D eigenvalue weighted by Gasteiger charge is -2.49. The van der Waals surface area contributed by atoms with E-state index < -0.39 is 0 Å². The lowest BCUT2D eigenvalue weighted by atomic mass is 9.78. The van der Waals surface area contributed by atoms with Crippen LogP contribution in [0.5, 0.6) is 0 Å². The number of rotatable bonds is 4. The van der Waals surface area contributed by atoms with Gasteiger partial charge in [-0.2, -0.15) is 0 Å². The highest BCUT2D eigenvalue weighted by Gasteiger charge is 2.30. The van der Waals surface area contributed by atoms with Gasteiger partial charge in [0.2, 0.25) is 0 Å². The highest BCUT2D eigenvalue weighted by atomic mass is 16.5. The highest BCUT2D eigenvalue weighted by Crippen LogP contribution is 2.36. The zero-order chi connectivity index (χ0) is 9.73. The molecule has 0 atom stereocenters. The van der Waals surface area contributed by atoms with E-state index in [2.05, 4.69) is 6.92 Å². The van der Waals surface area contributed by atoms with Crippen LogP contribution in [-0.4, -0.2) is 17.6 Å². The van der Waals surface area contributed by atoms with Crippen molar-refractivity contribution in [3.63, 3.8) is 0 Å². The van der Waals surface area contributed by atoms with Crippen LogP contribution in [0.3, 0.4) is 0 Å². The molecule has 0 unspecified atom stereocenters. The Morgan fingerprint density at radius 1 is 1.23 bits per heavy atom. The van der Waals surface area contributed by atoms with Crippen LogP contribution in [0.2, 0.25) is 0 Å². The number of hydrogen-bond acceptors (Lipinski definition) is 2. The van der Waals surface area contributed by atoms with E-state index in [0.717, 1.165) is 19.3 Å². The first-order valence-electron chi connectivity index (χ1n) is 5.62. The molecular formula is C11H22NO-. The minimum atomic E-state index is 0.00819. The van der Waals surface area contributed by atoms with E-state index in [1.165, 1.54) is 37.2 Å². The van der Waals surface area contributed by atoms with Crippen LogP contribution in [0.4, 0.5) is 0 Å². The van der Waals surface area contributed by atoms with Crippen molar-refractivity contribution in [3.8, 4) is 0 Å². The molecule has 1 aliphatic carbocycles.